The van der Waals surface area contributed by atoms with Crippen LogP contribution in [-0.2, 0) is 4.74 Å². The van der Waals surface area contributed by atoms with Crippen molar-refractivity contribution in [2.75, 3.05) is 19.5 Å². The number of benzene rings is 2. The lowest BCUT2D eigenvalue weighted by atomic mass is 9.99. The van der Waals surface area contributed by atoms with Gasteiger partial charge in [0.25, 0.3) is 0 Å². The van der Waals surface area contributed by atoms with Crippen LogP contribution in [-0.4, -0.2) is 24.3 Å². The Hall–Kier alpha value is -3.00. The molecule has 2 aromatic carbocycles. The van der Waals surface area contributed by atoms with Gasteiger partial charge in [0, 0.05) is 5.69 Å². The number of hydrogen-bond acceptors (Lipinski definition) is 6. The van der Waals surface area contributed by atoms with Crippen LogP contribution in [0.2, 0.25) is 0 Å². The molecule has 1 aliphatic heterocycles. The third-order valence-corrected chi connectivity index (χ3v) is 6.06. The second-order valence-electron chi connectivity index (χ2n) is 6.60. The van der Waals surface area contributed by atoms with Gasteiger partial charge in [0.1, 0.15) is 11.4 Å². The topological polar surface area (TPSA) is 83.6 Å². The number of hydrogen-bond donors (Lipinski definition) is 1. The number of methoxy groups -OCH3 is 1. The Labute approximate surface area is 170 Å². The summed E-state index contributed by atoms with van der Waals surface area (Å²) in [5, 5.41) is 0.527. The third kappa shape index (κ3) is 2.86. The van der Waals surface area contributed by atoms with Gasteiger partial charge in [0.2, 0.25) is 5.43 Å². The molecule has 8 heteroatoms. The van der Waals surface area contributed by atoms with Crippen molar-refractivity contribution >= 4 is 34.3 Å². The molecule has 0 amide bonds. The van der Waals surface area contributed by atoms with Gasteiger partial charge in [-0.15, -0.1) is 0 Å². The molecule has 0 radical (unpaired) electrons. The number of carbonyl (C=O) groups is 1. The Balaban J connectivity index is 2.11. The van der Waals surface area contributed by atoms with E-state index in [9.17, 15) is 9.59 Å². The minimum Gasteiger partial charge on any atom is -0.494 e. The molecule has 29 heavy (non-hydrogen) atoms. The van der Waals surface area contributed by atoms with E-state index in [1.54, 1.807) is 31.2 Å². The fourth-order valence-corrected chi connectivity index (χ4v) is 4.75. The summed E-state index contributed by atoms with van der Waals surface area (Å²) in [4.78, 5) is 25.5. The molecule has 150 valence electrons. The zero-order valence-electron chi connectivity index (χ0n) is 16.1. The Morgan fingerprint density at radius 1 is 1.31 bits per heavy atom. The highest BCUT2D eigenvalue weighted by Crippen LogP contribution is 2.50. The first-order valence-electron chi connectivity index (χ1n) is 9.07. The normalized spacial score (nSPS) is 15.0. The van der Waals surface area contributed by atoms with Crippen molar-refractivity contribution < 1.29 is 18.7 Å². The molecule has 0 spiro atoms. The van der Waals surface area contributed by atoms with E-state index in [0.717, 1.165) is 6.07 Å². The predicted molar refractivity (Wildman–Crippen MR) is 111 cm³/mol. The molecule has 2 heterocycles. The van der Waals surface area contributed by atoms with Crippen molar-refractivity contribution in [1.29, 1.82) is 0 Å². The summed E-state index contributed by atoms with van der Waals surface area (Å²) in [7, 11) is 1.43. The lowest BCUT2D eigenvalue weighted by Crippen LogP contribution is -2.29. The smallest absolute Gasteiger partial charge is 0.344 e. The molecule has 1 unspecified atom stereocenters. The van der Waals surface area contributed by atoms with Gasteiger partial charge in [-0.2, -0.15) is 0 Å². The largest absolute Gasteiger partial charge is 0.494 e. The SMILES string of the molecule is CCOC(=O)c1c2n(c3c(OC)c(-c4ccc(N)cc4)c(F)cc3c1=O)C(C)S2. The van der Waals surface area contributed by atoms with E-state index < -0.39 is 17.2 Å². The van der Waals surface area contributed by atoms with E-state index in [0.29, 0.717) is 21.8 Å². The van der Waals surface area contributed by atoms with Crippen LogP contribution in [0.5, 0.6) is 5.75 Å². The van der Waals surface area contributed by atoms with Crippen molar-refractivity contribution in [1.82, 2.24) is 4.57 Å². The van der Waals surface area contributed by atoms with Gasteiger partial charge in [-0.05, 0) is 37.6 Å². The van der Waals surface area contributed by atoms with Crippen LogP contribution in [0.4, 0.5) is 10.1 Å². The van der Waals surface area contributed by atoms with E-state index in [-0.39, 0.29) is 34.2 Å². The Morgan fingerprint density at radius 2 is 2.00 bits per heavy atom. The summed E-state index contributed by atoms with van der Waals surface area (Å²) < 4.78 is 27.6. The second kappa shape index (κ2) is 7.11. The van der Waals surface area contributed by atoms with Crippen LogP contribution in [0.15, 0.2) is 40.2 Å². The molecule has 3 aromatic rings. The molecule has 0 saturated heterocycles. The minimum absolute atomic E-state index is 0.0556. The van der Waals surface area contributed by atoms with Crippen molar-refractivity contribution in [2.24, 2.45) is 0 Å². The molecule has 6 nitrogen and oxygen atoms in total. The number of nitrogens with two attached hydrogens (primary N) is 1. The zero-order chi connectivity index (χ0) is 20.9. The minimum atomic E-state index is -0.704. The first kappa shape index (κ1) is 19.3. The standard InChI is InChI=1S/C21H19FN2O4S/c1-4-28-21(26)16-18(25)13-9-14(22)15(11-5-7-12(23)8-6-11)19(27-3)17(13)24-10(2)29-20(16)24/h5-10H,4,23H2,1-3H3. The first-order valence-corrected chi connectivity index (χ1v) is 9.95. The molecule has 0 fully saturated rings. The van der Waals surface area contributed by atoms with Crippen molar-refractivity contribution in [3.63, 3.8) is 0 Å². The average Bonchev–Trinajstić information content (AvgIpc) is 2.68. The fourth-order valence-electron chi connectivity index (χ4n) is 3.61. The number of nitrogens with zero attached hydrogens (tertiary/aromatic N) is 1. The van der Waals surface area contributed by atoms with Gasteiger partial charge < -0.3 is 19.8 Å². The number of pyridine rings is 1. The Kier molecular flexibility index (Phi) is 4.74. The number of halogens is 1. The van der Waals surface area contributed by atoms with Crippen molar-refractivity contribution in [3.8, 4) is 16.9 Å². The highest BCUT2D eigenvalue weighted by molar-refractivity contribution is 8.00. The molecule has 1 atom stereocenters. The lowest BCUT2D eigenvalue weighted by Gasteiger charge is -2.33. The van der Waals surface area contributed by atoms with Gasteiger partial charge in [0.15, 0.2) is 5.75 Å². The molecule has 1 aliphatic rings. The van der Waals surface area contributed by atoms with Crippen LogP contribution in [0.25, 0.3) is 22.0 Å². The second-order valence-corrected chi connectivity index (χ2v) is 7.91. The van der Waals surface area contributed by atoms with Crippen LogP contribution < -0.4 is 15.9 Å². The molecule has 0 saturated carbocycles. The molecular weight excluding hydrogens is 395 g/mol. The quantitative estimate of drug-likeness (QED) is 0.509. The van der Waals surface area contributed by atoms with Gasteiger partial charge in [-0.3, -0.25) is 4.79 Å². The van der Waals surface area contributed by atoms with Crippen molar-refractivity contribution in [3.05, 3.63) is 51.9 Å². The zero-order valence-corrected chi connectivity index (χ0v) is 16.9. The van der Waals surface area contributed by atoms with Gasteiger partial charge in [-0.25, -0.2) is 9.18 Å². The monoisotopic (exact) mass is 414 g/mol. The molecule has 0 aliphatic carbocycles. The number of rotatable bonds is 4. The average molecular weight is 414 g/mol. The number of ether oxygens (including phenoxy) is 2. The van der Waals surface area contributed by atoms with Crippen LogP contribution in [0.3, 0.4) is 0 Å². The predicted octanol–water partition coefficient (Wildman–Crippen LogP) is 4.20. The number of carbonyl (C=O) groups excluding carboxylic acids is 1. The Morgan fingerprint density at radius 3 is 2.59 bits per heavy atom. The number of aromatic nitrogens is 1. The van der Waals surface area contributed by atoms with E-state index in [1.165, 1.54) is 18.9 Å². The maximum Gasteiger partial charge on any atom is 0.344 e. The number of esters is 1. The number of thioether (sulfide) groups is 1. The maximum absolute atomic E-state index is 15.2. The summed E-state index contributed by atoms with van der Waals surface area (Å²) in [6.07, 6.45) is 0. The van der Waals surface area contributed by atoms with E-state index in [4.69, 9.17) is 15.2 Å². The summed E-state index contributed by atoms with van der Waals surface area (Å²) >= 11 is 1.39. The van der Waals surface area contributed by atoms with Crippen LogP contribution in [0, 0.1) is 5.82 Å². The van der Waals surface area contributed by atoms with Gasteiger partial charge >= 0.3 is 5.97 Å². The highest BCUT2D eigenvalue weighted by atomic mass is 32.2. The number of fused-ring (bicyclic) bond motifs is 3. The Bertz CT molecular complexity index is 1200. The van der Waals surface area contributed by atoms with E-state index in [1.807, 2.05) is 11.5 Å². The fraction of sp³-hybridized carbons (Fsp3) is 0.238. The molecule has 2 N–H and O–H groups in total. The summed E-state index contributed by atoms with van der Waals surface area (Å²) in [6, 6.07) is 7.90. The first-order chi connectivity index (χ1) is 13.9. The number of nitrogen functional groups attached to an aromatic ring is 1. The molecule has 4 rings (SSSR count). The van der Waals surface area contributed by atoms with Gasteiger partial charge in [-0.1, -0.05) is 23.9 Å². The van der Waals surface area contributed by atoms with E-state index >= 15 is 4.39 Å². The molecule has 1 aromatic heterocycles. The van der Waals surface area contributed by atoms with Crippen LogP contribution in [0.1, 0.15) is 29.6 Å². The van der Waals surface area contributed by atoms with Gasteiger partial charge in [0.05, 0.1) is 40.6 Å². The third-order valence-electron chi connectivity index (χ3n) is 4.88. The maximum atomic E-state index is 15.2. The summed E-state index contributed by atoms with van der Waals surface area (Å²) in [5.74, 6) is -1.08. The van der Waals surface area contributed by atoms with Crippen LogP contribution >= 0.6 is 11.8 Å². The van der Waals surface area contributed by atoms with E-state index in [2.05, 4.69) is 0 Å². The lowest BCUT2D eigenvalue weighted by molar-refractivity contribution is 0.0518. The summed E-state index contributed by atoms with van der Waals surface area (Å²) in [6.45, 7) is 3.74. The van der Waals surface area contributed by atoms with Crippen molar-refractivity contribution in [2.45, 2.75) is 24.2 Å². The number of anilines is 1. The molecular formula is C21H19FN2O4S. The summed E-state index contributed by atoms with van der Waals surface area (Å²) in [5.41, 5.74) is 6.94. The highest BCUT2D eigenvalue weighted by Gasteiger charge is 2.35. The molecule has 0 bridgehead atoms.